The highest BCUT2D eigenvalue weighted by Gasteiger charge is 2.24. The minimum absolute atomic E-state index is 0.0229. The SMILES string of the molecule is COc1cccc2c(C(C)(C)C)cc(C(C)(C)C)nc12. The van der Waals surface area contributed by atoms with Crippen molar-refractivity contribution in [2.24, 2.45) is 0 Å². The lowest BCUT2D eigenvalue weighted by molar-refractivity contribution is 0.418. The van der Waals surface area contributed by atoms with Crippen LogP contribution < -0.4 is 4.74 Å². The number of aromatic nitrogens is 1. The van der Waals surface area contributed by atoms with E-state index in [1.165, 1.54) is 10.9 Å². The summed E-state index contributed by atoms with van der Waals surface area (Å²) in [6.07, 6.45) is 0. The smallest absolute Gasteiger partial charge is 0.145 e. The van der Waals surface area contributed by atoms with Gasteiger partial charge in [-0.15, -0.1) is 0 Å². The fourth-order valence-electron chi connectivity index (χ4n) is 2.39. The molecule has 0 radical (unpaired) electrons. The van der Waals surface area contributed by atoms with Crippen LogP contribution in [0, 0.1) is 0 Å². The number of hydrogen-bond donors (Lipinski definition) is 0. The zero-order valence-electron chi connectivity index (χ0n) is 13.7. The van der Waals surface area contributed by atoms with Crippen LogP contribution in [-0.2, 0) is 10.8 Å². The molecule has 1 heterocycles. The number of rotatable bonds is 1. The Labute approximate surface area is 122 Å². The van der Waals surface area contributed by atoms with Crippen LogP contribution in [0.4, 0.5) is 0 Å². The number of methoxy groups -OCH3 is 1. The Morgan fingerprint density at radius 2 is 1.60 bits per heavy atom. The Balaban J connectivity index is 2.89. The van der Waals surface area contributed by atoms with E-state index < -0.39 is 0 Å². The van der Waals surface area contributed by atoms with E-state index in [0.717, 1.165) is 17.0 Å². The fraction of sp³-hybridized carbons (Fsp3) is 0.500. The Morgan fingerprint density at radius 1 is 0.950 bits per heavy atom. The molecule has 20 heavy (non-hydrogen) atoms. The fourth-order valence-corrected chi connectivity index (χ4v) is 2.39. The average Bonchev–Trinajstić information content (AvgIpc) is 2.34. The summed E-state index contributed by atoms with van der Waals surface area (Å²) < 4.78 is 5.50. The largest absolute Gasteiger partial charge is 0.494 e. The molecule has 1 aromatic carbocycles. The molecule has 0 saturated carbocycles. The van der Waals surface area contributed by atoms with Gasteiger partial charge < -0.3 is 4.74 Å². The third-order valence-corrected chi connectivity index (χ3v) is 3.60. The van der Waals surface area contributed by atoms with Crippen molar-refractivity contribution in [1.29, 1.82) is 0 Å². The van der Waals surface area contributed by atoms with Gasteiger partial charge in [0.25, 0.3) is 0 Å². The van der Waals surface area contributed by atoms with Crippen molar-refractivity contribution in [1.82, 2.24) is 4.98 Å². The minimum atomic E-state index is 0.0229. The molecule has 0 aliphatic rings. The van der Waals surface area contributed by atoms with Gasteiger partial charge in [-0.3, -0.25) is 0 Å². The summed E-state index contributed by atoms with van der Waals surface area (Å²) in [6, 6.07) is 8.41. The molecule has 2 rings (SSSR count). The van der Waals surface area contributed by atoms with Gasteiger partial charge in [-0.1, -0.05) is 53.7 Å². The number of nitrogens with zero attached hydrogens (tertiary/aromatic N) is 1. The monoisotopic (exact) mass is 271 g/mol. The van der Waals surface area contributed by atoms with Crippen LogP contribution in [0.15, 0.2) is 24.3 Å². The Bertz CT molecular complexity index is 630. The first-order valence-electron chi connectivity index (χ1n) is 7.13. The van der Waals surface area contributed by atoms with Gasteiger partial charge in [0.2, 0.25) is 0 Å². The summed E-state index contributed by atoms with van der Waals surface area (Å²) in [6.45, 7) is 13.3. The molecule has 0 bridgehead atoms. The topological polar surface area (TPSA) is 22.1 Å². The Hall–Kier alpha value is -1.57. The van der Waals surface area contributed by atoms with E-state index in [1.54, 1.807) is 7.11 Å². The number of fused-ring (bicyclic) bond motifs is 1. The van der Waals surface area contributed by atoms with Crippen LogP contribution in [0.1, 0.15) is 52.8 Å². The maximum atomic E-state index is 5.50. The van der Waals surface area contributed by atoms with Gasteiger partial charge in [-0.2, -0.15) is 0 Å². The summed E-state index contributed by atoms with van der Waals surface area (Å²) in [7, 11) is 1.71. The van der Waals surface area contributed by atoms with Crippen molar-refractivity contribution in [2.45, 2.75) is 52.4 Å². The van der Waals surface area contributed by atoms with E-state index in [-0.39, 0.29) is 10.8 Å². The second-order valence-corrected chi connectivity index (χ2v) is 7.41. The molecule has 0 aliphatic heterocycles. The van der Waals surface area contributed by atoms with Gasteiger partial charge in [-0.05, 0) is 23.1 Å². The lowest BCUT2D eigenvalue weighted by Crippen LogP contribution is -2.18. The van der Waals surface area contributed by atoms with Crippen LogP contribution in [0.3, 0.4) is 0 Å². The third kappa shape index (κ3) is 2.65. The summed E-state index contributed by atoms with van der Waals surface area (Å²) in [4.78, 5) is 4.87. The number of ether oxygens (including phenoxy) is 1. The molecule has 0 aliphatic carbocycles. The molecule has 2 nitrogen and oxygen atoms in total. The second-order valence-electron chi connectivity index (χ2n) is 7.41. The molecular weight excluding hydrogens is 246 g/mol. The van der Waals surface area contributed by atoms with E-state index in [0.29, 0.717) is 0 Å². The molecule has 2 heteroatoms. The maximum absolute atomic E-state index is 5.50. The van der Waals surface area contributed by atoms with E-state index in [9.17, 15) is 0 Å². The normalized spacial score (nSPS) is 12.8. The minimum Gasteiger partial charge on any atom is -0.494 e. The second kappa shape index (κ2) is 4.76. The van der Waals surface area contributed by atoms with Crippen LogP contribution in [0.5, 0.6) is 5.75 Å². The van der Waals surface area contributed by atoms with E-state index in [4.69, 9.17) is 9.72 Å². The first kappa shape index (κ1) is 14.8. The Morgan fingerprint density at radius 3 is 2.10 bits per heavy atom. The molecule has 0 N–H and O–H groups in total. The number of para-hydroxylation sites is 1. The van der Waals surface area contributed by atoms with Gasteiger partial charge in [0.05, 0.1) is 7.11 Å². The van der Waals surface area contributed by atoms with Gasteiger partial charge in [-0.25, -0.2) is 4.98 Å². The summed E-state index contributed by atoms with van der Waals surface area (Å²) in [5.41, 5.74) is 3.50. The van der Waals surface area contributed by atoms with Crippen molar-refractivity contribution >= 4 is 10.9 Å². The van der Waals surface area contributed by atoms with Gasteiger partial charge in [0.15, 0.2) is 0 Å². The molecule has 0 atom stereocenters. The van der Waals surface area contributed by atoms with Crippen LogP contribution >= 0.6 is 0 Å². The highest BCUT2D eigenvalue weighted by atomic mass is 16.5. The average molecular weight is 271 g/mol. The number of pyridine rings is 1. The van der Waals surface area contributed by atoms with Crippen molar-refractivity contribution in [3.8, 4) is 5.75 Å². The van der Waals surface area contributed by atoms with Crippen LogP contribution in [0.2, 0.25) is 0 Å². The summed E-state index contributed by atoms with van der Waals surface area (Å²) in [5, 5.41) is 1.19. The van der Waals surface area contributed by atoms with Gasteiger partial charge in [0, 0.05) is 16.5 Å². The molecule has 0 amide bonds. The first-order chi connectivity index (χ1) is 9.14. The van der Waals surface area contributed by atoms with Crippen molar-refractivity contribution < 1.29 is 4.74 Å². The summed E-state index contributed by atoms with van der Waals surface area (Å²) >= 11 is 0. The van der Waals surface area contributed by atoms with E-state index >= 15 is 0 Å². The third-order valence-electron chi connectivity index (χ3n) is 3.60. The van der Waals surface area contributed by atoms with E-state index in [1.807, 2.05) is 12.1 Å². The number of hydrogen-bond acceptors (Lipinski definition) is 2. The van der Waals surface area contributed by atoms with Crippen molar-refractivity contribution in [3.05, 3.63) is 35.5 Å². The lowest BCUT2D eigenvalue weighted by atomic mass is 9.81. The standard InChI is InChI=1S/C18H25NO/c1-17(2,3)13-11-15(18(4,5)6)19-16-12(13)9-8-10-14(16)20-7/h8-11H,1-7H3. The Kier molecular flexibility index (Phi) is 3.53. The van der Waals surface area contributed by atoms with Gasteiger partial charge >= 0.3 is 0 Å². The van der Waals surface area contributed by atoms with Crippen LogP contribution in [0.25, 0.3) is 10.9 Å². The molecule has 0 saturated heterocycles. The van der Waals surface area contributed by atoms with Crippen molar-refractivity contribution in [2.75, 3.05) is 7.11 Å². The molecule has 1 aromatic heterocycles. The van der Waals surface area contributed by atoms with Crippen molar-refractivity contribution in [3.63, 3.8) is 0 Å². The quantitative estimate of drug-likeness (QED) is 0.740. The first-order valence-corrected chi connectivity index (χ1v) is 7.13. The summed E-state index contributed by atoms with van der Waals surface area (Å²) in [5.74, 6) is 0.846. The molecule has 0 fully saturated rings. The predicted molar refractivity (Wildman–Crippen MR) is 85.7 cm³/mol. The predicted octanol–water partition coefficient (Wildman–Crippen LogP) is 4.84. The molecular formula is C18H25NO. The zero-order valence-corrected chi connectivity index (χ0v) is 13.7. The van der Waals surface area contributed by atoms with Gasteiger partial charge in [0.1, 0.15) is 11.3 Å². The lowest BCUT2D eigenvalue weighted by Gasteiger charge is -2.26. The maximum Gasteiger partial charge on any atom is 0.145 e. The molecule has 2 aromatic rings. The molecule has 0 spiro atoms. The highest BCUT2D eigenvalue weighted by Crippen LogP contribution is 2.36. The van der Waals surface area contributed by atoms with Crippen LogP contribution in [-0.4, -0.2) is 12.1 Å². The molecule has 0 unspecified atom stereocenters. The van der Waals surface area contributed by atoms with E-state index in [2.05, 4.69) is 53.7 Å². The highest BCUT2D eigenvalue weighted by molar-refractivity contribution is 5.88. The molecule has 108 valence electrons. The number of benzene rings is 1. The zero-order chi connectivity index (χ0) is 15.1.